The molecule has 0 radical (unpaired) electrons. The SMILES string of the molecule is Cc1cccnc1S(=O)(=O)N(C)C(N)=O. The number of urea groups is 1. The first kappa shape index (κ1) is 11.4. The molecule has 0 atom stereocenters. The number of carbonyl (C=O) groups is 1. The monoisotopic (exact) mass is 229 g/mol. The summed E-state index contributed by atoms with van der Waals surface area (Å²) in [5.74, 6) is 0. The highest BCUT2D eigenvalue weighted by Gasteiger charge is 2.26. The van der Waals surface area contributed by atoms with Gasteiger partial charge in [-0.25, -0.2) is 14.1 Å². The normalized spacial score (nSPS) is 11.1. The lowest BCUT2D eigenvalue weighted by molar-refractivity contribution is 0.237. The lowest BCUT2D eigenvalue weighted by Gasteiger charge is -2.14. The summed E-state index contributed by atoms with van der Waals surface area (Å²) in [5.41, 5.74) is 5.35. The van der Waals surface area contributed by atoms with Gasteiger partial charge >= 0.3 is 6.03 Å². The Morgan fingerprint density at radius 2 is 2.13 bits per heavy atom. The number of hydrogen-bond acceptors (Lipinski definition) is 4. The average molecular weight is 229 g/mol. The molecule has 7 heteroatoms. The van der Waals surface area contributed by atoms with Crippen LogP contribution in [0.15, 0.2) is 23.4 Å². The van der Waals surface area contributed by atoms with Crippen molar-refractivity contribution in [2.24, 2.45) is 5.73 Å². The molecular formula is C8H11N3O3S. The molecule has 0 fully saturated rings. The third-order valence-electron chi connectivity index (χ3n) is 1.88. The molecule has 2 N–H and O–H groups in total. The number of aromatic nitrogens is 1. The quantitative estimate of drug-likeness (QED) is 0.777. The van der Waals surface area contributed by atoms with Crippen molar-refractivity contribution in [3.05, 3.63) is 23.9 Å². The maximum absolute atomic E-state index is 11.8. The minimum Gasteiger partial charge on any atom is -0.351 e. The van der Waals surface area contributed by atoms with Crippen LogP contribution in [0.4, 0.5) is 4.79 Å². The largest absolute Gasteiger partial charge is 0.351 e. The standard InChI is InChI=1S/C8H11N3O3S/c1-6-4-3-5-10-7(6)15(13,14)11(2)8(9)12/h3-5H,1-2H3,(H2,9,12). The molecule has 0 aliphatic rings. The predicted octanol–water partition coefficient (Wildman–Crippen LogP) is 0.0892. The Balaban J connectivity index is 3.30. The highest BCUT2D eigenvalue weighted by atomic mass is 32.2. The molecule has 1 rings (SSSR count). The van der Waals surface area contributed by atoms with Crippen molar-refractivity contribution >= 4 is 16.1 Å². The van der Waals surface area contributed by atoms with Crippen molar-refractivity contribution in [2.75, 3.05) is 7.05 Å². The third kappa shape index (κ3) is 2.07. The number of nitrogens with two attached hydrogens (primary N) is 1. The van der Waals surface area contributed by atoms with E-state index in [4.69, 9.17) is 5.73 Å². The second-order valence-corrected chi connectivity index (χ2v) is 4.82. The Bertz CT molecular complexity index is 484. The number of aryl methyl sites for hydroxylation is 1. The fraction of sp³-hybridized carbons (Fsp3) is 0.250. The second-order valence-electron chi connectivity index (χ2n) is 2.94. The molecule has 1 aromatic rings. The first-order chi connectivity index (χ1) is 6.87. The van der Waals surface area contributed by atoms with Gasteiger partial charge in [-0.3, -0.25) is 0 Å². The van der Waals surface area contributed by atoms with Crippen LogP contribution in [-0.4, -0.2) is 30.8 Å². The summed E-state index contributed by atoms with van der Waals surface area (Å²) in [6, 6.07) is 2.16. The van der Waals surface area contributed by atoms with E-state index in [-0.39, 0.29) is 5.03 Å². The van der Waals surface area contributed by atoms with Crippen molar-refractivity contribution < 1.29 is 13.2 Å². The van der Waals surface area contributed by atoms with Gasteiger partial charge in [-0.15, -0.1) is 0 Å². The van der Waals surface area contributed by atoms with Gasteiger partial charge in [0.05, 0.1) is 0 Å². The molecule has 0 aromatic carbocycles. The highest BCUT2D eigenvalue weighted by Crippen LogP contribution is 2.14. The molecule has 0 aliphatic carbocycles. The van der Waals surface area contributed by atoms with Crippen LogP contribution >= 0.6 is 0 Å². The average Bonchev–Trinajstić information content (AvgIpc) is 2.16. The third-order valence-corrected chi connectivity index (χ3v) is 3.69. The summed E-state index contributed by atoms with van der Waals surface area (Å²) < 4.78 is 24.0. The molecule has 0 unspecified atom stereocenters. The number of rotatable bonds is 2. The Labute approximate surface area is 87.8 Å². The van der Waals surface area contributed by atoms with Gasteiger partial charge in [0.15, 0.2) is 5.03 Å². The molecule has 0 saturated heterocycles. The van der Waals surface area contributed by atoms with Crippen molar-refractivity contribution in [1.29, 1.82) is 0 Å². The number of sulfonamides is 1. The predicted molar refractivity (Wildman–Crippen MR) is 53.5 cm³/mol. The Kier molecular flexibility index (Phi) is 2.94. The number of carbonyl (C=O) groups excluding carboxylic acids is 1. The molecule has 0 saturated carbocycles. The Morgan fingerprint density at radius 1 is 1.53 bits per heavy atom. The molecule has 0 bridgehead atoms. The molecule has 2 amide bonds. The Morgan fingerprint density at radius 3 is 2.60 bits per heavy atom. The van der Waals surface area contributed by atoms with Crippen LogP contribution in [0.2, 0.25) is 0 Å². The molecule has 0 aliphatic heterocycles. The van der Waals surface area contributed by atoms with Gasteiger partial charge in [0, 0.05) is 13.2 Å². The fourth-order valence-corrected chi connectivity index (χ4v) is 2.15. The number of nitrogens with zero attached hydrogens (tertiary/aromatic N) is 2. The maximum Gasteiger partial charge on any atom is 0.328 e. The topological polar surface area (TPSA) is 93.4 Å². The molecule has 1 heterocycles. The smallest absolute Gasteiger partial charge is 0.328 e. The maximum atomic E-state index is 11.8. The zero-order valence-corrected chi connectivity index (χ0v) is 9.15. The number of primary amides is 1. The first-order valence-electron chi connectivity index (χ1n) is 4.07. The van der Waals surface area contributed by atoms with E-state index in [1.54, 1.807) is 19.1 Å². The van der Waals surface area contributed by atoms with Gasteiger partial charge < -0.3 is 5.73 Å². The number of pyridine rings is 1. The van der Waals surface area contributed by atoms with Gasteiger partial charge in [0.1, 0.15) is 0 Å². The van der Waals surface area contributed by atoms with E-state index in [2.05, 4.69) is 4.98 Å². The van der Waals surface area contributed by atoms with E-state index >= 15 is 0 Å². The lowest BCUT2D eigenvalue weighted by Crippen LogP contribution is -2.37. The van der Waals surface area contributed by atoms with Crippen molar-refractivity contribution in [3.8, 4) is 0 Å². The van der Waals surface area contributed by atoms with Crippen molar-refractivity contribution in [1.82, 2.24) is 9.29 Å². The van der Waals surface area contributed by atoms with E-state index in [0.29, 0.717) is 9.87 Å². The first-order valence-corrected chi connectivity index (χ1v) is 5.51. The van der Waals surface area contributed by atoms with Crippen LogP contribution in [0, 0.1) is 6.92 Å². The fourth-order valence-electron chi connectivity index (χ4n) is 0.989. The van der Waals surface area contributed by atoms with Gasteiger partial charge in [0.2, 0.25) is 0 Å². The molecule has 6 nitrogen and oxygen atoms in total. The van der Waals surface area contributed by atoms with E-state index < -0.39 is 16.1 Å². The van der Waals surface area contributed by atoms with Crippen LogP contribution in [0.3, 0.4) is 0 Å². The Hall–Kier alpha value is -1.63. The molecule has 82 valence electrons. The second kappa shape index (κ2) is 3.85. The molecule has 15 heavy (non-hydrogen) atoms. The zero-order chi connectivity index (χ0) is 11.6. The zero-order valence-electron chi connectivity index (χ0n) is 8.34. The van der Waals surface area contributed by atoms with Crippen molar-refractivity contribution in [2.45, 2.75) is 11.9 Å². The van der Waals surface area contributed by atoms with Crippen LogP contribution < -0.4 is 5.73 Å². The summed E-state index contributed by atoms with van der Waals surface area (Å²) in [5, 5.41) is -0.161. The van der Waals surface area contributed by atoms with Gasteiger partial charge in [-0.2, -0.15) is 8.42 Å². The van der Waals surface area contributed by atoms with E-state index in [0.717, 1.165) is 7.05 Å². The van der Waals surface area contributed by atoms with Gasteiger partial charge in [-0.1, -0.05) is 6.07 Å². The van der Waals surface area contributed by atoms with Gasteiger partial charge in [0.25, 0.3) is 10.0 Å². The summed E-state index contributed by atoms with van der Waals surface area (Å²) in [6.07, 6.45) is 1.34. The minimum atomic E-state index is -3.92. The number of amides is 2. The summed E-state index contributed by atoms with van der Waals surface area (Å²) in [6.45, 7) is 1.59. The summed E-state index contributed by atoms with van der Waals surface area (Å²) in [7, 11) is -2.83. The van der Waals surface area contributed by atoms with E-state index in [9.17, 15) is 13.2 Å². The lowest BCUT2D eigenvalue weighted by atomic mass is 10.3. The highest BCUT2D eigenvalue weighted by molar-refractivity contribution is 7.89. The van der Waals surface area contributed by atoms with Crippen LogP contribution in [0.1, 0.15) is 5.56 Å². The molecule has 1 aromatic heterocycles. The summed E-state index contributed by atoms with van der Waals surface area (Å²) >= 11 is 0. The van der Waals surface area contributed by atoms with E-state index in [1.165, 1.54) is 6.20 Å². The molecule has 0 spiro atoms. The van der Waals surface area contributed by atoms with Crippen LogP contribution in [0.25, 0.3) is 0 Å². The minimum absolute atomic E-state index is 0.161. The van der Waals surface area contributed by atoms with Crippen LogP contribution in [-0.2, 0) is 10.0 Å². The van der Waals surface area contributed by atoms with E-state index in [1.807, 2.05) is 0 Å². The molecular weight excluding hydrogens is 218 g/mol. The summed E-state index contributed by atoms with van der Waals surface area (Å²) in [4.78, 5) is 14.5. The van der Waals surface area contributed by atoms with Crippen molar-refractivity contribution in [3.63, 3.8) is 0 Å². The van der Waals surface area contributed by atoms with Gasteiger partial charge in [-0.05, 0) is 18.6 Å². The number of hydrogen-bond donors (Lipinski definition) is 1. The van der Waals surface area contributed by atoms with Crippen LogP contribution in [0.5, 0.6) is 0 Å².